The molecular formula is C16H11BrN4O4. The molecule has 25 heavy (non-hydrogen) atoms. The molecule has 1 aromatic heterocycles. The molecule has 3 aromatic rings. The van der Waals surface area contributed by atoms with Gasteiger partial charge in [-0.1, -0.05) is 6.07 Å². The molecule has 2 N–H and O–H groups in total. The fourth-order valence-corrected chi connectivity index (χ4v) is 2.83. The number of nitrogens with zero attached hydrogens (tertiary/aromatic N) is 3. The molecule has 0 aliphatic carbocycles. The van der Waals surface area contributed by atoms with Gasteiger partial charge in [-0.3, -0.25) is 14.9 Å². The zero-order valence-corrected chi connectivity index (χ0v) is 14.4. The average molecular weight is 403 g/mol. The number of hydrogen-bond donors (Lipinski definition) is 2. The summed E-state index contributed by atoms with van der Waals surface area (Å²) >= 11 is 3.44. The van der Waals surface area contributed by atoms with E-state index in [0.717, 1.165) is 10.0 Å². The first-order chi connectivity index (χ1) is 11.9. The summed E-state index contributed by atoms with van der Waals surface area (Å²) in [7, 11) is 0. The second-order valence-electron chi connectivity index (χ2n) is 5.25. The van der Waals surface area contributed by atoms with Crippen molar-refractivity contribution in [3.05, 3.63) is 62.1 Å². The molecule has 2 aromatic carbocycles. The first-order valence-electron chi connectivity index (χ1n) is 7.08. The number of H-pyrrole nitrogens is 1. The zero-order chi connectivity index (χ0) is 18.1. The van der Waals surface area contributed by atoms with Crippen LogP contribution in [0.15, 0.2) is 51.1 Å². The van der Waals surface area contributed by atoms with Crippen molar-refractivity contribution in [2.75, 3.05) is 0 Å². The highest BCUT2D eigenvalue weighted by atomic mass is 79.9. The average Bonchev–Trinajstić information content (AvgIpc) is 2.92. The molecule has 0 atom stereocenters. The molecule has 0 saturated heterocycles. The van der Waals surface area contributed by atoms with E-state index in [9.17, 15) is 20.0 Å². The number of nitro groups is 1. The van der Waals surface area contributed by atoms with Crippen LogP contribution in [0.25, 0.3) is 10.9 Å². The monoisotopic (exact) mass is 402 g/mol. The van der Waals surface area contributed by atoms with Crippen LogP contribution in [-0.4, -0.2) is 20.9 Å². The smallest absolute Gasteiger partial charge is 0.295 e. The highest BCUT2D eigenvalue weighted by molar-refractivity contribution is 9.10. The Morgan fingerprint density at radius 1 is 1.24 bits per heavy atom. The minimum Gasteiger partial charge on any atom is -0.493 e. The summed E-state index contributed by atoms with van der Waals surface area (Å²) in [5, 5.41) is 28.7. The summed E-state index contributed by atoms with van der Waals surface area (Å²) in [5.41, 5.74) is 1.75. The van der Waals surface area contributed by atoms with Crippen molar-refractivity contribution in [3.8, 4) is 5.88 Å². The third-order valence-corrected chi connectivity index (χ3v) is 4.64. The maximum absolute atomic E-state index is 12.1. The van der Waals surface area contributed by atoms with Gasteiger partial charge in [-0.2, -0.15) is 0 Å². The van der Waals surface area contributed by atoms with E-state index in [2.05, 4.69) is 31.1 Å². The van der Waals surface area contributed by atoms with Crippen molar-refractivity contribution >= 4 is 44.1 Å². The molecule has 1 heterocycles. The Morgan fingerprint density at radius 2 is 1.92 bits per heavy atom. The number of nitrogens with one attached hydrogen (secondary N) is 1. The molecule has 1 amide bonds. The van der Waals surface area contributed by atoms with Gasteiger partial charge in [0.1, 0.15) is 0 Å². The fourth-order valence-electron chi connectivity index (χ4n) is 2.30. The van der Waals surface area contributed by atoms with Gasteiger partial charge in [0.15, 0.2) is 5.69 Å². The largest absolute Gasteiger partial charge is 0.493 e. The molecule has 9 heteroatoms. The van der Waals surface area contributed by atoms with Gasteiger partial charge in [0, 0.05) is 27.6 Å². The van der Waals surface area contributed by atoms with Crippen LogP contribution in [0.1, 0.15) is 15.9 Å². The Bertz CT molecular complexity index is 1020. The molecule has 0 bridgehead atoms. The molecule has 126 valence electrons. The third-order valence-electron chi connectivity index (χ3n) is 3.62. The minimum absolute atomic E-state index is 0.123. The molecule has 0 spiro atoms. The van der Waals surface area contributed by atoms with E-state index in [4.69, 9.17) is 0 Å². The third kappa shape index (κ3) is 3.13. The molecule has 8 nitrogen and oxygen atoms in total. The molecular weight excluding hydrogens is 392 g/mol. The van der Waals surface area contributed by atoms with Gasteiger partial charge in [0.2, 0.25) is 5.88 Å². The van der Waals surface area contributed by atoms with Crippen molar-refractivity contribution < 1.29 is 14.8 Å². The molecule has 3 rings (SSSR count). The Hall–Kier alpha value is -3.07. The maximum atomic E-state index is 12.1. The number of non-ortho nitro benzene ring substituents is 1. The summed E-state index contributed by atoms with van der Waals surface area (Å²) in [4.78, 5) is 24.9. The Labute approximate surface area is 149 Å². The lowest BCUT2D eigenvalue weighted by Crippen LogP contribution is -1.94. The van der Waals surface area contributed by atoms with E-state index in [0.29, 0.717) is 10.9 Å². The van der Waals surface area contributed by atoms with Gasteiger partial charge >= 0.3 is 0 Å². The van der Waals surface area contributed by atoms with E-state index in [-0.39, 0.29) is 22.8 Å². The summed E-state index contributed by atoms with van der Waals surface area (Å²) in [5.74, 6) is -0.881. The van der Waals surface area contributed by atoms with Crippen LogP contribution in [0.3, 0.4) is 0 Å². The molecule has 0 fully saturated rings. The predicted octanol–water partition coefficient (Wildman–Crippen LogP) is 4.78. The number of nitro benzene ring substituents is 1. The van der Waals surface area contributed by atoms with Gasteiger partial charge < -0.3 is 10.1 Å². The SMILES string of the molecule is Cc1ccc2[nH]c(O)c(N=NC(=O)c3ccc([N+](=O)[O-])cc3)c2c1Br. The first-order valence-corrected chi connectivity index (χ1v) is 7.88. The number of carbonyl (C=O) groups is 1. The molecule has 0 aliphatic heterocycles. The van der Waals surface area contributed by atoms with E-state index < -0.39 is 10.8 Å². The number of benzene rings is 2. The lowest BCUT2D eigenvalue weighted by molar-refractivity contribution is -0.384. The topological polar surface area (TPSA) is 121 Å². The second-order valence-corrected chi connectivity index (χ2v) is 6.04. The highest BCUT2D eigenvalue weighted by Crippen LogP contribution is 2.41. The summed E-state index contributed by atoms with van der Waals surface area (Å²) in [6, 6.07) is 8.68. The summed E-state index contributed by atoms with van der Waals surface area (Å²) in [6.45, 7) is 1.89. The minimum atomic E-state index is -0.674. The van der Waals surface area contributed by atoms with Crippen molar-refractivity contribution in [3.63, 3.8) is 0 Å². The number of rotatable bonds is 3. The number of aromatic amines is 1. The summed E-state index contributed by atoms with van der Waals surface area (Å²) in [6.07, 6.45) is 0. The fraction of sp³-hybridized carbons (Fsp3) is 0.0625. The van der Waals surface area contributed by atoms with Crippen molar-refractivity contribution in [2.24, 2.45) is 10.2 Å². The molecule has 0 unspecified atom stereocenters. The van der Waals surface area contributed by atoms with Gasteiger partial charge in [-0.05, 0) is 46.6 Å². The van der Waals surface area contributed by atoms with Crippen molar-refractivity contribution in [1.82, 2.24) is 4.98 Å². The van der Waals surface area contributed by atoms with Gasteiger partial charge in [-0.15, -0.1) is 10.2 Å². The Kier molecular flexibility index (Phi) is 4.32. The Balaban J connectivity index is 1.95. The molecule has 0 radical (unpaired) electrons. The lowest BCUT2D eigenvalue weighted by atomic mass is 10.1. The van der Waals surface area contributed by atoms with E-state index in [1.807, 2.05) is 13.0 Å². The van der Waals surface area contributed by atoms with E-state index >= 15 is 0 Å². The Morgan fingerprint density at radius 3 is 2.56 bits per heavy atom. The number of amides is 1. The van der Waals surface area contributed by atoms with E-state index in [1.165, 1.54) is 24.3 Å². The molecule has 0 saturated carbocycles. The number of hydrogen-bond acceptors (Lipinski definition) is 5. The normalized spacial score (nSPS) is 11.3. The van der Waals surface area contributed by atoms with Crippen LogP contribution in [0, 0.1) is 17.0 Å². The second kappa shape index (κ2) is 6.44. The van der Waals surface area contributed by atoms with Crippen molar-refractivity contribution in [2.45, 2.75) is 6.92 Å². The highest BCUT2D eigenvalue weighted by Gasteiger charge is 2.16. The quantitative estimate of drug-likeness (QED) is 0.371. The summed E-state index contributed by atoms with van der Waals surface area (Å²) < 4.78 is 0.735. The lowest BCUT2D eigenvalue weighted by Gasteiger charge is -2.00. The van der Waals surface area contributed by atoms with E-state index in [1.54, 1.807) is 6.07 Å². The number of carbonyl (C=O) groups excluding carboxylic acids is 1. The van der Waals surface area contributed by atoms with Gasteiger partial charge in [0.05, 0.1) is 10.4 Å². The maximum Gasteiger partial charge on any atom is 0.295 e. The number of fused-ring (bicyclic) bond motifs is 1. The standard InChI is InChI=1S/C16H11BrN4O4/c1-8-2-7-11-12(13(8)17)14(16(23)18-11)19-20-15(22)9-3-5-10(6-4-9)21(24)25/h2-7,18,23H,1H3. The number of azo groups is 1. The number of aryl methyl sites for hydroxylation is 1. The molecule has 0 aliphatic rings. The van der Waals surface area contributed by atoms with Crippen LogP contribution < -0.4 is 0 Å². The van der Waals surface area contributed by atoms with Crippen LogP contribution >= 0.6 is 15.9 Å². The first kappa shape index (κ1) is 16.8. The predicted molar refractivity (Wildman–Crippen MR) is 94.3 cm³/mol. The number of aromatic nitrogens is 1. The van der Waals surface area contributed by atoms with Crippen LogP contribution in [0.4, 0.5) is 11.4 Å². The van der Waals surface area contributed by atoms with Crippen LogP contribution in [0.5, 0.6) is 5.88 Å². The number of aromatic hydroxyl groups is 1. The zero-order valence-electron chi connectivity index (χ0n) is 12.9. The van der Waals surface area contributed by atoms with Crippen LogP contribution in [-0.2, 0) is 0 Å². The number of halogens is 1. The van der Waals surface area contributed by atoms with Crippen LogP contribution in [0.2, 0.25) is 0 Å². The van der Waals surface area contributed by atoms with Gasteiger partial charge in [0.25, 0.3) is 11.6 Å². The van der Waals surface area contributed by atoms with Crippen molar-refractivity contribution in [1.29, 1.82) is 0 Å². The van der Waals surface area contributed by atoms with Gasteiger partial charge in [-0.25, -0.2) is 0 Å².